The Bertz CT molecular complexity index is 478. The highest BCUT2D eigenvalue weighted by atomic mass is 19.1. The monoisotopic (exact) mass is 291 g/mol. The van der Waals surface area contributed by atoms with Crippen LogP contribution in [0.5, 0.6) is 0 Å². The maximum Gasteiger partial charge on any atom is 0.232 e. The molecule has 1 aromatic rings. The standard InChI is InChI=1S/C18H26FNO/c1-4-6-14-7-5-12-20(13-14)17(21)18(2,3)15-8-10-16(19)11-9-15/h8-11,14H,4-7,12-13H2,1-3H3. The van der Waals surface area contributed by atoms with Crippen LogP contribution in [0.1, 0.15) is 52.0 Å². The van der Waals surface area contributed by atoms with Gasteiger partial charge in [0.05, 0.1) is 5.41 Å². The van der Waals surface area contributed by atoms with E-state index in [1.165, 1.54) is 31.4 Å². The van der Waals surface area contributed by atoms with Gasteiger partial charge in [0.25, 0.3) is 0 Å². The molecule has 1 aromatic carbocycles. The van der Waals surface area contributed by atoms with Crippen LogP contribution in [0.3, 0.4) is 0 Å². The molecule has 1 amide bonds. The first-order valence-corrected chi connectivity index (χ1v) is 8.00. The zero-order chi connectivity index (χ0) is 15.5. The van der Waals surface area contributed by atoms with Gasteiger partial charge in [-0.15, -0.1) is 0 Å². The minimum absolute atomic E-state index is 0.162. The summed E-state index contributed by atoms with van der Waals surface area (Å²) in [6, 6.07) is 6.31. The third-order valence-electron chi connectivity index (χ3n) is 4.60. The minimum atomic E-state index is -0.595. The number of amides is 1. The number of likely N-dealkylation sites (tertiary alicyclic amines) is 1. The van der Waals surface area contributed by atoms with Crippen LogP contribution in [0.15, 0.2) is 24.3 Å². The van der Waals surface area contributed by atoms with E-state index in [0.717, 1.165) is 25.1 Å². The molecule has 21 heavy (non-hydrogen) atoms. The Kier molecular flexibility index (Phi) is 5.02. The van der Waals surface area contributed by atoms with Gasteiger partial charge in [-0.3, -0.25) is 4.79 Å². The van der Waals surface area contributed by atoms with Crippen LogP contribution in [0.25, 0.3) is 0 Å². The first kappa shape index (κ1) is 16.0. The molecule has 1 aliphatic heterocycles. The number of carbonyl (C=O) groups is 1. The molecule has 0 aliphatic carbocycles. The Hall–Kier alpha value is -1.38. The van der Waals surface area contributed by atoms with Gasteiger partial charge >= 0.3 is 0 Å². The number of piperidine rings is 1. The maximum absolute atomic E-state index is 13.1. The molecule has 1 heterocycles. The predicted octanol–water partition coefficient (Wildman–Crippen LogP) is 4.14. The quantitative estimate of drug-likeness (QED) is 0.816. The number of rotatable bonds is 4. The van der Waals surface area contributed by atoms with Crippen molar-refractivity contribution < 1.29 is 9.18 Å². The van der Waals surface area contributed by atoms with E-state index in [-0.39, 0.29) is 11.7 Å². The zero-order valence-corrected chi connectivity index (χ0v) is 13.4. The summed E-state index contributed by atoms with van der Waals surface area (Å²) >= 11 is 0. The normalized spacial score (nSPS) is 19.6. The van der Waals surface area contributed by atoms with Crippen LogP contribution < -0.4 is 0 Å². The van der Waals surface area contributed by atoms with Gasteiger partial charge in [-0.2, -0.15) is 0 Å². The molecule has 0 N–H and O–H groups in total. The SMILES string of the molecule is CCCC1CCCN(C(=O)C(C)(C)c2ccc(F)cc2)C1. The van der Waals surface area contributed by atoms with Crippen LogP contribution in [-0.2, 0) is 10.2 Å². The second-order valence-corrected chi connectivity index (χ2v) is 6.68. The van der Waals surface area contributed by atoms with Gasteiger partial charge in [-0.05, 0) is 56.7 Å². The van der Waals surface area contributed by atoms with Crippen LogP contribution in [0, 0.1) is 11.7 Å². The molecule has 0 spiro atoms. The molecule has 1 aliphatic rings. The molecule has 0 bridgehead atoms. The molecule has 3 heteroatoms. The number of hydrogen-bond acceptors (Lipinski definition) is 1. The maximum atomic E-state index is 13.1. The lowest BCUT2D eigenvalue weighted by Gasteiger charge is -2.38. The lowest BCUT2D eigenvalue weighted by Crippen LogP contribution is -2.47. The second-order valence-electron chi connectivity index (χ2n) is 6.68. The van der Waals surface area contributed by atoms with Crippen LogP contribution >= 0.6 is 0 Å². The fraction of sp³-hybridized carbons (Fsp3) is 0.611. The molecule has 1 atom stereocenters. The number of halogens is 1. The van der Waals surface area contributed by atoms with E-state index in [2.05, 4.69) is 6.92 Å². The highest BCUT2D eigenvalue weighted by molar-refractivity contribution is 5.87. The fourth-order valence-corrected chi connectivity index (χ4v) is 3.28. The Balaban J connectivity index is 2.11. The molecule has 0 radical (unpaired) electrons. The van der Waals surface area contributed by atoms with Crippen LogP contribution in [0.4, 0.5) is 4.39 Å². The lowest BCUT2D eigenvalue weighted by molar-refractivity contribution is -0.138. The average molecular weight is 291 g/mol. The summed E-state index contributed by atoms with van der Waals surface area (Å²) in [5.41, 5.74) is 0.286. The second kappa shape index (κ2) is 6.59. The highest BCUT2D eigenvalue weighted by Crippen LogP contribution is 2.29. The van der Waals surface area contributed by atoms with Gasteiger partial charge in [0.15, 0.2) is 0 Å². The molecule has 1 unspecified atom stereocenters. The average Bonchev–Trinajstić information content (AvgIpc) is 2.47. The smallest absolute Gasteiger partial charge is 0.232 e. The van der Waals surface area contributed by atoms with E-state index in [1.807, 2.05) is 18.7 Å². The van der Waals surface area contributed by atoms with Crippen molar-refractivity contribution in [1.82, 2.24) is 4.90 Å². The molecule has 0 aromatic heterocycles. The Morgan fingerprint density at radius 1 is 1.33 bits per heavy atom. The van der Waals surface area contributed by atoms with E-state index in [4.69, 9.17) is 0 Å². The topological polar surface area (TPSA) is 20.3 Å². The van der Waals surface area contributed by atoms with Gasteiger partial charge in [0, 0.05) is 13.1 Å². The third-order valence-corrected chi connectivity index (χ3v) is 4.60. The lowest BCUT2D eigenvalue weighted by atomic mass is 9.82. The predicted molar refractivity (Wildman–Crippen MR) is 83.6 cm³/mol. The van der Waals surface area contributed by atoms with Gasteiger partial charge in [-0.1, -0.05) is 25.5 Å². The number of nitrogens with zero attached hydrogens (tertiary/aromatic N) is 1. The summed E-state index contributed by atoms with van der Waals surface area (Å²) in [5.74, 6) is 0.537. The molecule has 2 rings (SSSR count). The Morgan fingerprint density at radius 2 is 2.00 bits per heavy atom. The van der Waals surface area contributed by atoms with E-state index in [0.29, 0.717) is 5.92 Å². The van der Waals surface area contributed by atoms with Crippen molar-refractivity contribution in [2.24, 2.45) is 5.92 Å². The fourth-order valence-electron chi connectivity index (χ4n) is 3.28. The van der Waals surface area contributed by atoms with Gasteiger partial charge in [0.1, 0.15) is 5.82 Å². The molecule has 2 nitrogen and oxygen atoms in total. The first-order valence-electron chi connectivity index (χ1n) is 8.00. The van der Waals surface area contributed by atoms with E-state index >= 15 is 0 Å². The van der Waals surface area contributed by atoms with E-state index in [9.17, 15) is 9.18 Å². The van der Waals surface area contributed by atoms with E-state index < -0.39 is 5.41 Å². The van der Waals surface area contributed by atoms with Crippen molar-refractivity contribution in [3.8, 4) is 0 Å². The zero-order valence-electron chi connectivity index (χ0n) is 13.4. The first-order chi connectivity index (χ1) is 9.95. The molecule has 0 saturated carbocycles. The minimum Gasteiger partial charge on any atom is -0.342 e. The van der Waals surface area contributed by atoms with Crippen molar-refractivity contribution in [1.29, 1.82) is 0 Å². The molecule has 1 saturated heterocycles. The Labute approximate surface area is 127 Å². The number of carbonyl (C=O) groups excluding carboxylic acids is 1. The van der Waals surface area contributed by atoms with Crippen molar-refractivity contribution in [2.45, 2.75) is 51.9 Å². The van der Waals surface area contributed by atoms with E-state index in [1.54, 1.807) is 12.1 Å². The summed E-state index contributed by atoms with van der Waals surface area (Å²) in [6.45, 7) is 7.79. The summed E-state index contributed by atoms with van der Waals surface area (Å²) in [4.78, 5) is 14.9. The molecule has 116 valence electrons. The van der Waals surface area contributed by atoms with Crippen molar-refractivity contribution in [2.75, 3.05) is 13.1 Å². The summed E-state index contributed by atoms with van der Waals surface area (Å²) in [5, 5.41) is 0. The largest absolute Gasteiger partial charge is 0.342 e. The van der Waals surface area contributed by atoms with Crippen molar-refractivity contribution >= 4 is 5.91 Å². The van der Waals surface area contributed by atoms with Crippen LogP contribution in [0.2, 0.25) is 0 Å². The van der Waals surface area contributed by atoms with Gasteiger partial charge < -0.3 is 4.90 Å². The number of hydrogen-bond donors (Lipinski definition) is 0. The van der Waals surface area contributed by atoms with Gasteiger partial charge in [-0.25, -0.2) is 4.39 Å². The van der Waals surface area contributed by atoms with Crippen molar-refractivity contribution in [3.63, 3.8) is 0 Å². The summed E-state index contributed by atoms with van der Waals surface area (Å²) in [6.07, 6.45) is 4.69. The molecule has 1 fully saturated rings. The Morgan fingerprint density at radius 3 is 2.62 bits per heavy atom. The summed E-state index contributed by atoms with van der Waals surface area (Å²) < 4.78 is 13.1. The molecular formula is C18H26FNO. The van der Waals surface area contributed by atoms with Crippen molar-refractivity contribution in [3.05, 3.63) is 35.6 Å². The highest BCUT2D eigenvalue weighted by Gasteiger charge is 2.35. The van der Waals surface area contributed by atoms with Crippen LogP contribution in [-0.4, -0.2) is 23.9 Å². The summed E-state index contributed by atoms with van der Waals surface area (Å²) in [7, 11) is 0. The number of benzene rings is 1. The van der Waals surface area contributed by atoms with Gasteiger partial charge in [0.2, 0.25) is 5.91 Å². The third kappa shape index (κ3) is 3.63. The molecular weight excluding hydrogens is 265 g/mol.